The quantitative estimate of drug-likeness (QED) is 0.0263. The van der Waals surface area contributed by atoms with E-state index in [1.54, 1.807) is 36.7 Å². The number of pyridine rings is 6. The fourth-order valence-corrected chi connectivity index (χ4v) is 12.7. The number of hydrogen-bond acceptors (Lipinski definition) is 13. The smallest absolute Gasteiger partial charge is 0.240 e. The fraction of sp³-hybridized carbons (Fsp3) is 0.0400. The maximum Gasteiger partial charge on any atom is 0.240 e. The topological polar surface area (TPSA) is 171 Å². The van der Waals surface area contributed by atoms with Gasteiger partial charge in [0.2, 0.25) is 10.0 Å². The Labute approximate surface area is 542 Å². The molecule has 0 atom stereocenters. The van der Waals surface area contributed by atoms with Crippen molar-refractivity contribution in [2.45, 2.75) is 9.79 Å². The van der Waals surface area contributed by atoms with Gasteiger partial charge in [-0.2, -0.15) is 0 Å². The van der Waals surface area contributed by atoms with E-state index in [2.05, 4.69) is 190 Å². The Kier molecular flexibility index (Phi) is 19.1. The molecule has 6 heterocycles. The van der Waals surface area contributed by atoms with Crippen LogP contribution in [-0.2, 0) is 43.8 Å². The van der Waals surface area contributed by atoms with Gasteiger partial charge < -0.3 is 5.11 Å². The maximum absolute atomic E-state index is 12.4. The molecule has 0 fully saturated rings. The molecule has 0 bridgehead atoms. The molecule has 0 aliphatic carbocycles. The average Bonchev–Trinajstić information content (AvgIpc) is 1.03. The number of fused-ring (bicyclic) bond motifs is 9. The number of rotatable bonds is 14. The van der Waals surface area contributed by atoms with E-state index in [1.165, 1.54) is 51.6 Å². The van der Waals surface area contributed by atoms with E-state index in [0.29, 0.717) is 0 Å². The summed E-state index contributed by atoms with van der Waals surface area (Å²) in [5, 5.41) is 19.7. The van der Waals surface area contributed by atoms with Crippen LogP contribution in [0.5, 0.6) is 0 Å². The summed E-state index contributed by atoms with van der Waals surface area (Å²) in [5.41, 5.74) is 18.6. The summed E-state index contributed by atoms with van der Waals surface area (Å²) in [6.07, 6.45) is 11.0. The minimum absolute atomic E-state index is 0. The van der Waals surface area contributed by atoms with E-state index in [0.717, 1.165) is 105 Å². The minimum Gasteiger partial charge on any atom is -0.395 e. The summed E-state index contributed by atoms with van der Waals surface area (Å²) < 4.78 is 31.9. The second-order valence-corrected chi connectivity index (χ2v) is 23.3. The molecule has 0 aliphatic rings. The minimum atomic E-state index is -3.69. The number of aliphatic hydroxyl groups excluding tert-OH is 1. The van der Waals surface area contributed by atoms with E-state index in [9.17, 15) is 8.42 Å². The summed E-state index contributed by atoms with van der Waals surface area (Å²) in [6, 6.07) is 81.0. The van der Waals surface area contributed by atoms with Crippen LogP contribution >= 0.6 is 12.0 Å². The third kappa shape index (κ3) is 13.1. The van der Waals surface area contributed by atoms with Gasteiger partial charge in [0.05, 0.1) is 63.8 Å². The van der Waals surface area contributed by atoms with Crippen molar-refractivity contribution in [1.29, 1.82) is 0 Å². The molecule has 0 amide bonds. The Hall–Kier alpha value is -9.84. The molecular formula is C75H55N7O6RuS2. The molecule has 0 radical (unpaired) electrons. The number of nitrogens with one attached hydrogen (secondary N) is 1. The number of nitrogens with zero attached hydrogens (tertiary/aromatic N) is 6. The maximum atomic E-state index is 12.4. The molecule has 13 nitrogen and oxygen atoms in total. The first-order valence-corrected chi connectivity index (χ1v) is 31.1. The van der Waals surface area contributed by atoms with E-state index in [-0.39, 0.29) is 37.5 Å². The Bertz CT molecular complexity index is 4750. The monoisotopic (exact) mass is 1320 g/mol. The van der Waals surface area contributed by atoms with Crippen molar-refractivity contribution >= 4 is 87.5 Å². The van der Waals surface area contributed by atoms with Crippen LogP contribution in [0.15, 0.2) is 290 Å². The molecular weight excluding hydrogens is 1260 g/mol. The largest absolute Gasteiger partial charge is 0.395 e. The number of sulfonamides is 1. The zero-order valence-electron chi connectivity index (χ0n) is 48.8. The molecule has 2 N–H and O–H groups in total. The van der Waals surface area contributed by atoms with Crippen LogP contribution in [0, 0.1) is 0 Å². The Morgan fingerprint density at radius 1 is 0.363 bits per heavy atom. The molecule has 0 unspecified atom stereocenters. The summed E-state index contributed by atoms with van der Waals surface area (Å²) in [7, 11) is -2.32. The van der Waals surface area contributed by atoms with Gasteiger partial charge in [0.1, 0.15) is 0 Å². The van der Waals surface area contributed by atoms with Gasteiger partial charge in [0.15, 0.2) is 0 Å². The van der Waals surface area contributed by atoms with Crippen molar-refractivity contribution < 1.29 is 47.3 Å². The first kappa shape index (κ1) is 61.4. The van der Waals surface area contributed by atoms with Crippen LogP contribution in [0.3, 0.4) is 0 Å². The third-order valence-electron chi connectivity index (χ3n) is 15.5. The first-order chi connectivity index (χ1) is 44.3. The van der Waals surface area contributed by atoms with Gasteiger partial charge in [-0.1, -0.05) is 187 Å². The van der Waals surface area contributed by atoms with Crippen LogP contribution in [0.25, 0.3) is 132 Å². The Morgan fingerprint density at radius 3 is 0.890 bits per heavy atom. The second-order valence-electron chi connectivity index (χ2n) is 20.7. The van der Waals surface area contributed by atoms with Crippen LogP contribution in [-0.4, -0.2) is 63.7 Å². The number of benzene rings is 9. The van der Waals surface area contributed by atoms with E-state index in [1.807, 2.05) is 97.6 Å². The SMILES string of the molecule is COOOSc1ccc(-c2ccnc3c2ccc2c(-c4ccc(S(=O)(=O)NCCO)cc4)ccnc23)cc1.[Ru].c1ccc(-c2ccnc3c2ccc2c(-c4ccccc4)ccnc23)cc1.c1ccc(-c2ccnc3c2ccc2c(-c4ccccc4)ccnc23)cc1. The zero-order valence-corrected chi connectivity index (χ0v) is 52.2. The molecule has 16 heteroatoms. The van der Waals surface area contributed by atoms with Crippen molar-refractivity contribution in [3.8, 4) is 66.8 Å². The van der Waals surface area contributed by atoms with E-state index in [4.69, 9.17) is 9.44 Å². The van der Waals surface area contributed by atoms with Crippen LogP contribution in [0.2, 0.25) is 0 Å². The standard InChI is InChI=1S/C27H23N3O6S2.2C24H16N2.Ru/c1-34-35-36-37-20-6-2-18(3-7-20)22-12-14-28-26-24(22)10-11-25-23(13-15-29-27(25)26)19-4-8-21(9-5-19)38(32,33)30-16-17-31;2*1-3-7-17(8-4-1)19-13-15-25-23-21(19)11-12-22-20(14-16-26-24(22)23)18-9-5-2-6-10-18;/h2-15,30-31H,16-17H2,1H3;2*1-16H;. The summed E-state index contributed by atoms with van der Waals surface area (Å²) >= 11 is 1.04. The predicted octanol–water partition coefficient (Wildman–Crippen LogP) is 17.1. The Morgan fingerprint density at radius 2 is 0.626 bits per heavy atom. The number of hydrogen-bond donors (Lipinski definition) is 2. The summed E-state index contributed by atoms with van der Waals surface area (Å²) in [6.45, 7) is -0.310. The number of aromatic nitrogens is 6. The summed E-state index contributed by atoms with van der Waals surface area (Å²) in [5.74, 6) is 0. The van der Waals surface area contributed by atoms with Gasteiger partial charge in [-0.3, -0.25) is 29.9 Å². The molecule has 91 heavy (non-hydrogen) atoms. The van der Waals surface area contributed by atoms with Gasteiger partial charge in [0.25, 0.3) is 0 Å². The van der Waals surface area contributed by atoms with E-state index >= 15 is 0 Å². The van der Waals surface area contributed by atoms with Gasteiger partial charge in [-0.05, 0) is 127 Å². The molecule has 0 spiro atoms. The zero-order chi connectivity index (χ0) is 61.2. The third-order valence-corrected chi connectivity index (χ3v) is 17.5. The van der Waals surface area contributed by atoms with Gasteiger partial charge in [-0.15, -0.1) is 4.33 Å². The molecule has 9 aromatic carbocycles. The van der Waals surface area contributed by atoms with Gasteiger partial charge in [-0.25, -0.2) is 18.0 Å². The predicted molar refractivity (Wildman–Crippen MR) is 361 cm³/mol. The van der Waals surface area contributed by atoms with Crippen molar-refractivity contribution in [2.75, 3.05) is 20.3 Å². The molecule has 0 saturated carbocycles. The molecule has 0 aliphatic heterocycles. The normalized spacial score (nSPS) is 11.3. The number of aliphatic hydroxyl groups is 1. The van der Waals surface area contributed by atoms with Crippen molar-refractivity contribution in [3.63, 3.8) is 0 Å². The van der Waals surface area contributed by atoms with Crippen LogP contribution in [0.4, 0.5) is 0 Å². The average molecular weight is 1320 g/mol. The van der Waals surface area contributed by atoms with Crippen molar-refractivity contribution in [1.82, 2.24) is 34.6 Å². The van der Waals surface area contributed by atoms with E-state index < -0.39 is 10.0 Å². The van der Waals surface area contributed by atoms with Gasteiger partial charge >= 0.3 is 0 Å². The Balaban J connectivity index is 0.000000135. The van der Waals surface area contributed by atoms with Crippen LogP contribution in [0.1, 0.15) is 0 Å². The van der Waals surface area contributed by atoms with Crippen LogP contribution < -0.4 is 4.72 Å². The molecule has 446 valence electrons. The van der Waals surface area contributed by atoms with Gasteiger partial charge in [0, 0.05) is 100 Å². The second kappa shape index (κ2) is 28.3. The first-order valence-electron chi connectivity index (χ1n) is 28.9. The molecule has 15 aromatic rings. The fourth-order valence-electron chi connectivity index (χ4n) is 11.3. The summed E-state index contributed by atoms with van der Waals surface area (Å²) in [4.78, 5) is 33.4. The molecule has 6 aromatic heterocycles. The van der Waals surface area contributed by atoms with Crippen molar-refractivity contribution in [2.24, 2.45) is 0 Å². The molecule has 0 saturated heterocycles. The van der Waals surface area contributed by atoms with Crippen molar-refractivity contribution in [3.05, 3.63) is 280 Å². The molecule has 15 rings (SSSR count).